The second-order valence-corrected chi connectivity index (χ2v) is 6.40. The minimum atomic E-state index is -0.408. The number of hydrogen-bond donors (Lipinski definition) is 2. The van der Waals surface area contributed by atoms with E-state index in [1.54, 1.807) is 18.3 Å². The van der Waals surface area contributed by atoms with Gasteiger partial charge in [0.1, 0.15) is 6.54 Å². The summed E-state index contributed by atoms with van der Waals surface area (Å²) >= 11 is 0. The number of pyridine rings is 1. The van der Waals surface area contributed by atoms with Crippen LogP contribution in [0.25, 0.3) is 0 Å². The fourth-order valence-electron chi connectivity index (χ4n) is 3.84. The first-order chi connectivity index (χ1) is 10.6. The first kappa shape index (κ1) is 14.8. The second kappa shape index (κ2) is 6.34. The second-order valence-electron chi connectivity index (χ2n) is 6.40. The van der Waals surface area contributed by atoms with Crippen LogP contribution in [0.3, 0.4) is 0 Å². The Morgan fingerprint density at radius 3 is 2.64 bits per heavy atom. The average molecular weight is 303 g/mol. The highest BCUT2D eigenvalue weighted by Crippen LogP contribution is 2.49. The van der Waals surface area contributed by atoms with E-state index < -0.39 is 5.91 Å². The van der Waals surface area contributed by atoms with Crippen molar-refractivity contribution in [2.75, 3.05) is 0 Å². The molecule has 0 aromatic carbocycles. The van der Waals surface area contributed by atoms with Crippen molar-refractivity contribution in [3.63, 3.8) is 0 Å². The van der Waals surface area contributed by atoms with Crippen LogP contribution in [0.5, 0.6) is 0 Å². The van der Waals surface area contributed by atoms with Crippen molar-refractivity contribution < 1.29 is 9.59 Å². The molecule has 6 nitrogen and oxygen atoms in total. The molecule has 3 atom stereocenters. The summed E-state index contributed by atoms with van der Waals surface area (Å²) in [5, 5.41) is 0. The van der Waals surface area contributed by atoms with Crippen LogP contribution >= 0.6 is 0 Å². The number of nitrogens with zero attached hydrogens (tertiary/aromatic N) is 1. The number of carbonyl (C=O) groups is 2. The van der Waals surface area contributed by atoms with E-state index in [1.807, 2.05) is 0 Å². The van der Waals surface area contributed by atoms with Gasteiger partial charge in [-0.1, -0.05) is 12.5 Å². The van der Waals surface area contributed by atoms with Crippen molar-refractivity contribution in [1.29, 1.82) is 0 Å². The molecule has 0 radical (unpaired) electrons. The maximum absolute atomic E-state index is 11.9. The van der Waals surface area contributed by atoms with E-state index in [9.17, 15) is 14.4 Å². The van der Waals surface area contributed by atoms with E-state index in [-0.39, 0.29) is 18.0 Å². The predicted octanol–water partition coefficient (Wildman–Crippen LogP) is 0.822. The minimum absolute atomic E-state index is 0.103. The van der Waals surface area contributed by atoms with E-state index in [2.05, 4.69) is 10.9 Å². The highest BCUT2D eigenvalue weighted by molar-refractivity contribution is 5.82. The monoisotopic (exact) mass is 303 g/mol. The summed E-state index contributed by atoms with van der Waals surface area (Å²) in [5.41, 5.74) is 4.59. The van der Waals surface area contributed by atoms with E-state index in [4.69, 9.17) is 0 Å². The van der Waals surface area contributed by atoms with Gasteiger partial charge in [0.2, 0.25) is 5.91 Å². The van der Waals surface area contributed by atoms with Crippen molar-refractivity contribution >= 4 is 11.8 Å². The van der Waals surface area contributed by atoms with Gasteiger partial charge in [-0.15, -0.1) is 0 Å². The first-order valence-corrected chi connectivity index (χ1v) is 7.85. The molecular weight excluding hydrogens is 282 g/mol. The highest BCUT2D eigenvalue weighted by atomic mass is 16.2. The Balaban J connectivity index is 1.42. The molecule has 2 N–H and O–H groups in total. The number of aromatic nitrogens is 1. The Bertz CT molecular complexity index is 625. The van der Waals surface area contributed by atoms with Crippen molar-refractivity contribution in [1.82, 2.24) is 15.4 Å². The highest BCUT2D eigenvalue weighted by Gasteiger charge is 2.40. The van der Waals surface area contributed by atoms with Crippen LogP contribution in [0.15, 0.2) is 29.2 Å². The van der Waals surface area contributed by atoms with E-state index >= 15 is 0 Å². The Morgan fingerprint density at radius 2 is 1.95 bits per heavy atom. The molecule has 2 aliphatic carbocycles. The molecule has 0 spiro atoms. The minimum Gasteiger partial charge on any atom is -0.306 e. The maximum atomic E-state index is 11.9. The van der Waals surface area contributed by atoms with Gasteiger partial charge in [-0.2, -0.15) is 0 Å². The van der Waals surface area contributed by atoms with Crippen LogP contribution in [0.4, 0.5) is 0 Å². The molecule has 22 heavy (non-hydrogen) atoms. The lowest BCUT2D eigenvalue weighted by molar-refractivity contribution is -0.130. The third-order valence-electron chi connectivity index (χ3n) is 4.89. The summed E-state index contributed by atoms with van der Waals surface area (Å²) in [4.78, 5) is 35.1. The van der Waals surface area contributed by atoms with Gasteiger partial charge in [-0.05, 0) is 43.1 Å². The number of hydrazine groups is 1. The maximum Gasteiger partial charge on any atom is 0.258 e. The summed E-state index contributed by atoms with van der Waals surface area (Å²) < 4.78 is 1.29. The van der Waals surface area contributed by atoms with Gasteiger partial charge < -0.3 is 4.57 Å². The van der Waals surface area contributed by atoms with Crippen LogP contribution in [0.2, 0.25) is 0 Å². The number of rotatable bonds is 4. The standard InChI is InChI=1S/C16H21N3O3/c20-14(9-13-8-11-4-5-12(13)7-11)17-18-15(21)10-19-6-2-1-3-16(19)22/h1-3,6,11-13H,4-5,7-10H2,(H,17,20)(H,18,21)/t11-,12-,13+/m1/s1. The SMILES string of the molecule is O=C(C[C@@H]1C[C@@H]2CC[C@@H]1C2)NNC(=O)Cn1ccccc1=O. The van der Waals surface area contributed by atoms with Gasteiger partial charge in [0.05, 0.1) is 0 Å². The summed E-state index contributed by atoms with van der Waals surface area (Å²) in [6, 6.07) is 4.69. The molecule has 118 valence electrons. The zero-order valence-corrected chi connectivity index (χ0v) is 12.5. The molecule has 3 rings (SSSR count). The van der Waals surface area contributed by atoms with Crippen LogP contribution in [-0.2, 0) is 16.1 Å². The zero-order valence-electron chi connectivity index (χ0n) is 12.5. The van der Waals surface area contributed by atoms with E-state index in [0.29, 0.717) is 18.3 Å². The molecule has 2 bridgehead atoms. The predicted molar refractivity (Wildman–Crippen MR) is 80.5 cm³/mol. The van der Waals surface area contributed by atoms with Gasteiger partial charge in [-0.25, -0.2) is 0 Å². The third-order valence-corrected chi connectivity index (χ3v) is 4.89. The number of fused-ring (bicyclic) bond motifs is 2. The lowest BCUT2D eigenvalue weighted by atomic mass is 9.86. The lowest BCUT2D eigenvalue weighted by Gasteiger charge is -2.20. The number of amides is 2. The molecule has 2 amide bonds. The summed E-state index contributed by atoms with van der Waals surface area (Å²) in [5.74, 6) is 1.41. The van der Waals surface area contributed by atoms with Crippen LogP contribution in [0, 0.1) is 17.8 Å². The zero-order chi connectivity index (χ0) is 15.5. The fraction of sp³-hybridized carbons (Fsp3) is 0.562. The molecule has 1 aromatic heterocycles. The Kier molecular flexibility index (Phi) is 4.27. The van der Waals surface area contributed by atoms with Gasteiger partial charge in [-0.3, -0.25) is 25.2 Å². The molecular formula is C16H21N3O3. The third kappa shape index (κ3) is 3.37. The Morgan fingerprint density at radius 1 is 1.14 bits per heavy atom. The van der Waals surface area contributed by atoms with Crippen molar-refractivity contribution in [2.45, 2.75) is 38.6 Å². The van der Waals surface area contributed by atoms with E-state index in [1.165, 1.54) is 29.9 Å². The smallest absolute Gasteiger partial charge is 0.258 e. The first-order valence-electron chi connectivity index (χ1n) is 7.85. The van der Waals surface area contributed by atoms with E-state index in [0.717, 1.165) is 12.3 Å². The van der Waals surface area contributed by atoms with Gasteiger partial charge in [0, 0.05) is 18.7 Å². The molecule has 0 saturated heterocycles. The van der Waals surface area contributed by atoms with Crippen LogP contribution in [-0.4, -0.2) is 16.4 Å². The van der Waals surface area contributed by atoms with Crippen molar-refractivity contribution in [3.05, 3.63) is 34.7 Å². The lowest BCUT2D eigenvalue weighted by Crippen LogP contribution is -2.44. The Hall–Kier alpha value is -2.11. The quantitative estimate of drug-likeness (QED) is 0.808. The topological polar surface area (TPSA) is 80.2 Å². The molecule has 2 saturated carbocycles. The summed E-state index contributed by atoms with van der Waals surface area (Å²) in [6.07, 6.45) is 6.98. The molecule has 6 heteroatoms. The molecule has 2 fully saturated rings. The van der Waals surface area contributed by atoms with Crippen LogP contribution in [0.1, 0.15) is 32.1 Å². The van der Waals surface area contributed by atoms with Crippen molar-refractivity contribution in [2.24, 2.45) is 17.8 Å². The molecule has 0 aliphatic heterocycles. The molecule has 1 aromatic rings. The number of nitrogens with one attached hydrogen (secondary N) is 2. The largest absolute Gasteiger partial charge is 0.306 e. The summed E-state index contributed by atoms with van der Waals surface area (Å²) in [6.45, 7) is -0.103. The fourth-order valence-corrected chi connectivity index (χ4v) is 3.84. The number of hydrogen-bond acceptors (Lipinski definition) is 3. The van der Waals surface area contributed by atoms with Gasteiger partial charge in [0.25, 0.3) is 11.5 Å². The van der Waals surface area contributed by atoms with Crippen LogP contribution < -0.4 is 16.4 Å². The molecule has 1 heterocycles. The number of carbonyl (C=O) groups excluding carboxylic acids is 2. The molecule has 2 aliphatic rings. The Labute approximate surface area is 128 Å². The normalized spacial score (nSPS) is 25.9. The van der Waals surface area contributed by atoms with Gasteiger partial charge >= 0.3 is 0 Å². The summed E-state index contributed by atoms with van der Waals surface area (Å²) in [7, 11) is 0. The van der Waals surface area contributed by atoms with Crippen molar-refractivity contribution in [3.8, 4) is 0 Å². The average Bonchev–Trinajstić information content (AvgIpc) is 3.10. The van der Waals surface area contributed by atoms with Gasteiger partial charge in [0.15, 0.2) is 0 Å². The molecule has 0 unspecified atom stereocenters.